The molecule has 1 fully saturated rings. The molecule has 31 heavy (non-hydrogen) atoms. The van der Waals surface area contributed by atoms with Gasteiger partial charge in [-0.05, 0) is 50.2 Å². The van der Waals surface area contributed by atoms with E-state index >= 15 is 0 Å². The maximum absolute atomic E-state index is 12.6. The van der Waals surface area contributed by atoms with Crippen LogP contribution in [0, 0.1) is 0 Å². The molecule has 1 aromatic carbocycles. The van der Waals surface area contributed by atoms with E-state index in [-0.39, 0.29) is 11.8 Å². The number of hydrogen-bond donors (Lipinski definition) is 2. The summed E-state index contributed by atoms with van der Waals surface area (Å²) in [5.41, 5.74) is -5.15. The number of halogens is 3. The summed E-state index contributed by atoms with van der Waals surface area (Å²) in [6, 6.07) is 3.92. The van der Waals surface area contributed by atoms with Crippen LogP contribution in [0.2, 0.25) is 0 Å². The van der Waals surface area contributed by atoms with Crippen LogP contribution in [0.1, 0.15) is 17.5 Å². The predicted molar refractivity (Wildman–Crippen MR) is 101 cm³/mol. The van der Waals surface area contributed by atoms with E-state index in [1.165, 1.54) is 6.08 Å². The smallest absolute Gasteiger partial charge is 0.493 e. The van der Waals surface area contributed by atoms with Gasteiger partial charge < -0.3 is 14.6 Å². The van der Waals surface area contributed by atoms with E-state index < -0.39 is 32.7 Å². The number of piperidine rings is 1. The first-order valence-electron chi connectivity index (χ1n) is 9.34. The first-order chi connectivity index (χ1) is 14.3. The zero-order valence-electron chi connectivity index (χ0n) is 16.5. The minimum atomic E-state index is -5.84. The average molecular weight is 463 g/mol. The molecule has 0 aromatic heterocycles. The molecule has 0 saturated carbocycles. The summed E-state index contributed by atoms with van der Waals surface area (Å²) in [5.74, 6) is 1.22. The van der Waals surface area contributed by atoms with Crippen molar-refractivity contribution in [3.63, 3.8) is 0 Å². The third-order valence-electron chi connectivity index (χ3n) is 6.64. The fourth-order valence-corrected chi connectivity index (χ4v) is 5.28. The number of rotatable bonds is 1. The number of nitrogens with zero attached hydrogens (tertiary/aromatic N) is 1. The van der Waals surface area contributed by atoms with Gasteiger partial charge in [-0.25, -0.2) is 0 Å². The largest absolute Gasteiger partial charge is 0.522 e. The number of carbonyl (C=O) groups is 1. The lowest BCUT2D eigenvalue weighted by Gasteiger charge is -2.60. The Labute approximate surface area is 176 Å². The molecule has 4 atom stereocenters. The van der Waals surface area contributed by atoms with Crippen molar-refractivity contribution in [3.05, 3.63) is 35.4 Å². The molecule has 0 amide bonds. The molecule has 1 aromatic rings. The number of alkyl halides is 3. The lowest BCUT2D eigenvalue weighted by molar-refractivity contribution is -0.151. The number of likely N-dealkylation sites (tertiary alicyclic amines) is 1. The Kier molecular flexibility index (Phi) is 4.75. The van der Waals surface area contributed by atoms with Gasteiger partial charge in [-0.2, -0.15) is 21.6 Å². The fourth-order valence-electron chi connectivity index (χ4n) is 5.28. The van der Waals surface area contributed by atoms with Crippen molar-refractivity contribution in [2.75, 3.05) is 20.7 Å². The second-order valence-electron chi connectivity index (χ2n) is 8.03. The molecule has 12 heteroatoms. The number of ketones is 1. The van der Waals surface area contributed by atoms with E-state index in [1.807, 2.05) is 13.1 Å². The molecule has 8 nitrogen and oxygen atoms in total. The van der Waals surface area contributed by atoms with Crippen LogP contribution < -0.4 is 9.47 Å². The van der Waals surface area contributed by atoms with Gasteiger partial charge in [0.05, 0.1) is 12.5 Å². The number of aliphatic hydroxyl groups is 1. The summed E-state index contributed by atoms with van der Waals surface area (Å²) in [6.45, 7) is 0.837. The molecule has 0 unspecified atom stereocenters. The minimum absolute atomic E-state index is 0.0430. The standard InChI is InChI=1S/C18H19NO4.CHF3O3S/c1-19-8-7-17-14-10-3-4-12(22-2)15(14)23-16(17)11(20)5-6-18(17,21)13(19)9-10;2-1(3,4)8(5,6)7/h3-6,13,16,21H,7-9H2,1-2H3;(H,5,6,7)/t13-,16+,17+,18-;/m1./s1. The molecular formula is C19H20F3NO7S. The van der Waals surface area contributed by atoms with Crippen LogP contribution in [0.4, 0.5) is 13.2 Å². The molecule has 4 aliphatic rings. The quantitative estimate of drug-likeness (QED) is 0.472. The van der Waals surface area contributed by atoms with Gasteiger partial charge >= 0.3 is 15.6 Å². The maximum atomic E-state index is 12.6. The Morgan fingerprint density at radius 2 is 1.97 bits per heavy atom. The Hall–Kier alpha value is -2.15. The van der Waals surface area contributed by atoms with Gasteiger partial charge in [-0.1, -0.05) is 6.07 Å². The van der Waals surface area contributed by atoms with Crippen molar-refractivity contribution in [2.45, 2.75) is 41.5 Å². The average Bonchev–Trinajstić information content (AvgIpc) is 3.02. The van der Waals surface area contributed by atoms with Crippen molar-refractivity contribution < 1.29 is 45.5 Å². The molecule has 170 valence electrons. The lowest BCUT2D eigenvalue weighted by atomic mass is 9.51. The van der Waals surface area contributed by atoms with Crippen LogP contribution in [0.5, 0.6) is 11.5 Å². The van der Waals surface area contributed by atoms with Crippen LogP contribution in [0.3, 0.4) is 0 Å². The highest BCUT2D eigenvalue weighted by Gasteiger charge is 2.71. The molecule has 2 N–H and O–H groups in total. The van der Waals surface area contributed by atoms with Gasteiger partial charge in [0.25, 0.3) is 0 Å². The van der Waals surface area contributed by atoms with Gasteiger partial charge in [0.15, 0.2) is 23.4 Å². The van der Waals surface area contributed by atoms with E-state index in [1.54, 1.807) is 13.2 Å². The highest BCUT2D eigenvalue weighted by molar-refractivity contribution is 7.86. The van der Waals surface area contributed by atoms with Crippen molar-refractivity contribution in [3.8, 4) is 11.5 Å². The lowest BCUT2D eigenvalue weighted by Crippen LogP contribution is -2.74. The first kappa shape index (κ1) is 22.1. The number of carbonyl (C=O) groups excluding carboxylic acids is 1. The predicted octanol–water partition coefficient (Wildman–Crippen LogP) is 1.22. The number of ether oxygens (including phenoxy) is 2. The van der Waals surface area contributed by atoms with Crippen LogP contribution in [-0.4, -0.2) is 72.7 Å². The normalized spacial score (nSPS) is 33.2. The van der Waals surface area contributed by atoms with E-state index in [0.29, 0.717) is 17.9 Å². The summed E-state index contributed by atoms with van der Waals surface area (Å²) in [4.78, 5) is 14.8. The van der Waals surface area contributed by atoms with E-state index in [9.17, 15) is 23.1 Å². The molecule has 2 heterocycles. The van der Waals surface area contributed by atoms with Gasteiger partial charge in [0, 0.05) is 11.6 Å². The van der Waals surface area contributed by atoms with Crippen molar-refractivity contribution >= 4 is 15.9 Å². The van der Waals surface area contributed by atoms with Crippen LogP contribution in [-0.2, 0) is 26.7 Å². The number of benzene rings is 1. The molecule has 0 radical (unpaired) electrons. The second kappa shape index (κ2) is 6.67. The Bertz CT molecular complexity index is 1090. The zero-order valence-corrected chi connectivity index (χ0v) is 17.3. The molecule has 1 saturated heterocycles. The van der Waals surface area contributed by atoms with Crippen LogP contribution in [0.25, 0.3) is 0 Å². The van der Waals surface area contributed by atoms with Gasteiger partial charge in [-0.15, -0.1) is 0 Å². The first-order valence-corrected chi connectivity index (χ1v) is 10.8. The van der Waals surface area contributed by atoms with E-state index in [0.717, 1.165) is 24.1 Å². The second-order valence-corrected chi connectivity index (χ2v) is 9.45. The zero-order chi connectivity index (χ0) is 23.0. The van der Waals surface area contributed by atoms with E-state index in [2.05, 4.69) is 11.0 Å². The Balaban J connectivity index is 0.000000250. The van der Waals surface area contributed by atoms with Crippen molar-refractivity contribution in [1.29, 1.82) is 0 Å². The minimum Gasteiger partial charge on any atom is -0.493 e. The number of likely N-dealkylation sites (N-methyl/N-ethyl adjacent to an activating group) is 1. The molecule has 1 spiro atoms. The van der Waals surface area contributed by atoms with Gasteiger partial charge in [-0.3, -0.25) is 14.2 Å². The molecule has 2 aliphatic carbocycles. The maximum Gasteiger partial charge on any atom is 0.522 e. The summed E-state index contributed by atoms with van der Waals surface area (Å²) in [6.07, 6.45) is 4.00. The summed E-state index contributed by atoms with van der Waals surface area (Å²) in [7, 11) is -2.19. The van der Waals surface area contributed by atoms with Crippen molar-refractivity contribution in [2.24, 2.45) is 0 Å². The third kappa shape index (κ3) is 2.85. The summed E-state index contributed by atoms with van der Waals surface area (Å²) >= 11 is 0. The SMILES string of the molecule is COc1ccc2c3c1O[C@H]1C(=O)C=C[C@@]4(O)[C@@H](C2)N(C)CC[C@]314.O=S(=O)(O)C(F)(F)F. The topological polar surface area (TPSA) is 113 Å². The summed E-state index contributed by atoms with van der Waals surface area (Å²) < 4.78 is 69.1. The van der Waals surface area contributed by atoms with Crippen LogP contribution >= 0.6 is 0 Å². The number of hydrogen-bond acceptors (Lipinski definition) is 7. The highest BCUT2D eigenvalue weighted by atomic mass is 32.2. The Morgan fingerprint density at radius 1 is 1.32 bits per heavy atom. The molecule has 2 bridgehead atoms. The fraction of sp³-hybridized carbons (Fsp3) is 0.526. The Morgan fingerprint density at radius 3 is 2.55 bits per heavy atom. The molecular weight excluding hydrogens is 443 g/mol. The van der Waals surface area contributed by atoms with Gasteiger partial charge in [0.2, 0.25) is 0 Å². The van der Waals surface area contributed by atoms with Crippen LogP contribution in [0.15, 0.2) is 24.3 Å². The molecule has 2 aliphatic heterocycles. The van der Waals surface area contributed by atoms with E-state index in [4.69, 9.17) is 22.4 Å². The third-order valence-corrected chi connectivity index (χ3v) is 7.22. The van der Waals surface area contributed by atoms with Gasteiger partial charge in [0.1, 0.15) is 5.60 Å². The number of methoxy groups -OCH3 is 1. The monoisotopic (exact) mass is 463 g/mol. The molecule has 5 rings (SSSR count). The highest BCUT2D eigenvalue weighted by Crippen LogP contribution is 2.63. The van der Waals surface area contributed by atoms with Crippen molar-refractivity contribution in [1.82, 2.24) is 4.90 Å². The summed E-state index contributed by atoms with van der Waals surface area (Å²) in [5, 5.41) is 11.7.